The van der Waals surface area contributed by atoms with Gasteiger partial charge in [-0.05, 0) is 75.8 Å². The summed E-state index contributed by atoms with van der Waals surface area (Å²) >= 11 is 0. The van der Waals surface area contributed by atoms with Crippen molar-refractivity contribution in [2.24, 2.45) is 11.8 Å². The number of nitrogens with zero attached hydrogens (tertiary/aromatic N) is 2. The van der Waals surface area contributed by atoms with Gasteiger partial charge >= 0.3 is 5.69 Å². The SMILES string of the molecule is CC(C)n1c(=O)n(CC2CC2)c(=O)c2cc(NC(=O)[C@@H]3CCC[C@@H]3NC(=O)c3ccccc3)ccc21. The van der Waals surface area contributed by atoms with E-state index >= 15 is 0 Å². The first kappa shape index (κ1) is 24.0. The molecule has 5 rings (SSSR count). The summed E-state index contributed by atoms with van der Waals surface area (Å²) in [6.45, 7) is 4.28. The van der Waals surface area contributed by atoms with Crippen LogP contribution >= 0.6 is 0 Å². The first-order chi connectivity index (χ1) is 17.3. The lowest BCUT2D eigenvalue weighted by atomic mass is 10.0. The highest BCUT2D eigenvalue weighted by Gasteiger charge is 2.34. The number of amides is 2. The van der Waals surface area contributed by atoms with Crippen molar-refractivity contribution in [2.75, 3.05) is 5.32 Å². The molecule has 2 saturated carbocycles. The molecule has 36 heavy (non-hydrogen) atoms. The van der Waals surface area contributed by atoms with Crippen LogP contribution in [-0.4, -0.2) is 27.0 Å². The molecule has 2 aliphatic carbocycles. The van der Waals surface area contributed by atoms with E-state index in [2.05, 4.69) is 10.6 Å². The van der Waals surface area contributed by atoms with E-state index < -0.39 is 0 Å². The summed E-state index contributed by atoms with van der Waals surface area (Å²) in [5.74, 6) is -0.346. The van der Waals surface area contributed by atoms with Crippen molar-refractivity contribution in [1.82, 2.24) is 14.5 Å². The van der Waals surface area contributed by atoms with Gasteiger partial charge in [-0.3, -0.25) is 23.5 Å². The van der Waals surface area contributed by atoms with Crippen LogP contribution in [0.5, 0.6) is 0 Å². The van der Waals surface area contributed by atoms with Crippen LogP contribution in [0.3, 0.4) is 0 Å². The highest BCUT2D eigenvalue weighted by molar-refractivity contribution is 5.97. The molecular weight excluding hydrogens is 456 g/mol. The molecule has 2 aliphatic rings. The fraction of sp³-hybridized carbons (Fsp3) is 0.429. The zero-order chi connectivity index (χ0) is 25.4. The molecule has 1 heterocycles. The Morgan fingerprint density at radius 1 is 1.00 bits per heavy atom. The highest BCUT2D eigenvalue weighted by Crippen LogP contribution is 2.30. The second kappa shape index (κ2) is 9.76. The van der Waals surface area contributed by atoms with E-state index in [0.29, 0.717) is 41.0 Å². The van der Waals surface area contributed by atoms with Gasteiger partial charge in [-0.25, -0.2) is 4.79 Å². The van der Waals surface area contributed by atoms with E-state index in [0.717, 1.165) is 25.7 Å². The number of hydrogen-bond donors (Lipinski definition) is 2. The molecule has 2 aromatic carbocycles. The Morgan fingerprint density at radius 2 is 1.75 bits per heavy atom. The van der Waals surface area contributed by atoms with Crippen LogP contribution in [0.25, 0.3) is 10.9 Å². The van der Waals surface area contributed by atoms with Gasteiger partial charge in [-0.2, -0.15) is 0 Å². The van der Waals surface area contributed by atoms with Gasteiger partial charge < -0.3 is 10.6 Å². The molecule has 188 valence electrons. The number of anilines is 1. The van der Waals surface area contributed by atoms with Gasteiger partial charge in [0.1, 0.15) is 0 Å². The van der Waals surface area contributed by atoms with Gasteiger partial charge in [0.2, 0.25) is 5.91 Å². The van der Waals surface area contributed by atoms with Crippen LogP contribution < -0.4 is 21.9 Å². The Hall–Kier alpha value is -3.68. The third kappa shape index (κ3) is 4.72. The van der Waals surface area contributed by atoms with Crippen molar-refractivity contribution in [3.8, 4) is 0 Å². The van der Waals surface area contributed by atoms with E-state index in [4.69, 9.17) is 0 Å². The molecule has 8 nitrogen and oxygen atoms in total. The van der Waals surface area contributed by atoms with Crippen LogP contribution in [0.4, 0.5) is 5.69 Å². The molecule has 2 amide bonds. The van der Waals surface area contributed by atoms with E-state index in [-0.39, 0.29) is 41.1 Å². The highest BCUT2D eigenvalue weighted by atomic mass is 16.2. The first-order valence-electron chi connectivity index (χ1n) is 12.8. The topological polar surface area (TPSA) is 102 Å². The summed E-state index contributed by atoms with van der Waals surface area (Å²) < 4.78 is 2.99. The lowest BCUT2D eigenvalue weighted by Gasteiger charge is -2.21. The van der Waals surface area contributed by atoms with E-state index in [9.17, 15) is 19.2 Å². The fourth-order valence-corrected chi connectivity index (χ4v) is 5.20. The summed E-state index contributed by atoms with van der Waals surface area (Å²) in [5, 5.41) is 6.39. The van der Waals surface area contributed by atoms with Gasteiger partial charge in [0, 0.05) is 29.9 Å². The molecule has 2 N–H and O–H groups in total. The van der Waals surface area contributed by atoms with Gasteiger partial charge in [0.05, 0.1) is 16.8 Å². The lowest BCUT2D eigenvalue weighted by molar-refractivity contribution is -0.120. The monoisotopic (exact) mass is 488 g/mol. The molecule has 0 bridgehead atoms. The zero-order valence-electron chi connectivity index (χ0n) is 20.7. The second-order valence-corrected chi connectivity index (χ2v) is 10.3. The number of benzene rings is 2. The zero-order valence-corrected chi connectivity index (χ0v) is 20.7. The third-order valence-electron chi connectivity index (χ3n) is 7.30. The number of rotatable bonds is 7. The van der Waals surface area contributed by atoms with Crippen molar-refractivity contribution >= 4 is 28.4 Å². The van der Waals surface area contributed by atoms with Crippen LogP contribution in [0.15, 0.2) is 58.1 Å². The molecule has 0 aliphatic heterocycles. The van der Waals surface area contributed by atoms with Crippen LogP contribution in [0, 0.1) is 11.8 Å². The molecular formula is C28H32N4O4. The maximum atomic E-state index is 13.3. The predicted octanol–water partition coefficient (Wildman–Crippen LogP) is 3.69. The number of carbonyl (C=O) groups excluding carboxylic acids is 2. The third-order valence-corrected chi connectivity index (χ3v) is 7.30. The molecule has 0 saturated heterocycles. The number of carbonyl (C=O) groups is 2. The Bertz CT molecular complexity index is 1420. The summed E-state index contributed by atoms with van der Waals surface area (Å²) in [4.78, 5) is 52.2. The minimum absolute atomic E-state index is 0.112. The standard InChI is InChI=1S/C28H32N4O4/c1-17(2)32-24-14-13-20(15-22(24)27(35)31(28(32)36)16-18-11-12-18)29-26(34)21-9-6-10-23(21)30-25(33)19-7-4-3-5-8-19/h3-5,7-8,13-15,17-18,21,23H,6,9-12,16H2,1-2H3,(H,29,34)(H,30,33)/t21-,23+/m1/s1. The number of aromatic nitrogens is 2. The quantitative estimate of drug-likeness (QED) is 0.530. The van der Waals surface area contributed by atoms with Crippen molar-refractivity contribution in [2.45, 2.75) is 64.6 Å². The summed E-state index contributed by atoms with van der Waals surface area (Å²) in [6, 6.07) is 13.8. The lowest BCUT2D eigenvalue weighted by Crippen LogP contribution is -2.42. The smallest absolute Gasteiger partial charge is 0.331 e. The van der Waals surface area contributed by atoms with Crippen molar-refractivity contribution in [1.29, 1.82) is 0 Å². The fourth-order valence-electron chi connectivity index (χ4n) is 5.20. The molecule has 0 spiro atoms. The number of fused-ring (bicyclic) bond motifs is 1. The van der Waals surface area contributed by atoms with E-state index in [1.807, 2.05) is 32.0 Å². The van der Waals surface area contributed by atoms with Gasteiger partial charge in [0.15, 0.2) is 0 Å². The average Bonchev–Trinajstić information content (AvgIpc) is 3.57. The summed E-state index contributed by atoms with van der Waals surface area (Å²) in [6.07, 6.45) is 4.33. The Labute approximate surface area is 209 Å². The maximum Gasteiger partial charge on any atom is 0.331 e. The van der Waals surface area contributed by atoms with Gasteiger partial charge in [0.25, 0.3) is 11.5 Å². The van der Waals surface area contributed by atoms with Crippen molar-refractivity contribution in [3.63, 3.8) is 0 Å². The predicted molar refractivity (Wildman–Crippen MR) is 139 cm³/mol. The van der Waals surface area contributed by atoms with Crippen molar-refractivity contribution in [3.05, 3.63) is 74.9 Å². The molecule has 8 heteroatoms. The molecule has 2 atom stereocenters. The Balaban J connectivity index is 1.39. The number of hydrogen-bond acceptors (Lipinski definition) is 4. The maximum absolute atomic E-state index is 13.3. The summed E-state index contributed by atoms with van der Waals surface area (Å²) in [5.41, 5.74) is 1.05. The van der Waals surface area contributed by atoms with Crippen LogP contribution in [0.2, 0.25) is 0 Å². The van der Waals surface area contributed by atoms with E-state index in [1.54, 1.807) is 34.9 Å². The van der Waals surface area contributed by atoms with Crippen LogP contribution in [0.1, 0.15) is 62.4 Å². The largest absolute Gasteiger partial charge is 0.349 e. The molecule has 2 fully saturated rings. The normalized spacial score (nSPS) is 19.5. The second-order valence-electron chi connectivity index (χ2n) is 10.3. The molecule has 0 unspecified atom stereocenters. The Morgan fingerprint density at radius 3 is 2.44 bits per heavy atom. The number of nitrogens with one attached hydrogen (secondary N) is 2. The van der Waals surface area contributed by atoms with Crippen LogP contribution in [-0.2, 0) is 11.3 Å². The molecule has 0 radical (unpaired) electrons. The average molecular weight is 489 g/mol. The minimum Gasteiger partial charge on any atom is -0.349 e. The Kier molecular flexibility index (Phi) is 6.51. The van der Waals surface area contributed by atoms with E-state index in [1.165, 1.54) is 4.57 Å². The molecule has 1 aromatic heterocycles. The van der Waals surface area contributed by atoms with Crippen molar-refractivity contribution < 1.29 is 9.59 Å². The minimum atomic E-state index is -0.357. The first-order valence-corrected chi connectivity index (χ1v) is 12.8. The van der Waals surface area contributed by atoms with Gasteiger partial charge in [-0.1, -0.05) is 24.6 Å². The summed E-state index contributed by atoms with van der Waals surface area (Å²) in [7, 11) is 0. The van der Waals surface area contributed by atoms with Gasteiger partial charge in [-0.15, -0.1) is 0 Å². The molecule has 3 aromatic rings.